The van der Waals surface area contributed by atoms with Gasteiger partial charge in [0.2, 0.25) is 0 Å². The van der Waals surface area contributed by atoms with Gasteiger partial charge < -0.3 is 19.7 Å². The molecule has 0 aromatic heterocycles. The standard InChI is InChI=1S/C19H30N2O3/c1-16(24-18-10-7-9-17(15-18)23-2)19(22)20-11-8-14-21-12-5-3-4-6-13-21/h7,9-10,15-16H,3-6,8,11-14H2,1-2H3,(H,20,22)/t16-/m1/s1. The van der Waals surface area contributed by atoms with Crippen molar-refractivity contribution in [3.05, 3.63) is 24.3 Å². The Morgan fingerprint density at radius 3 is 2.62 bits per heavy atom. The zero-order valence-corrected chi connectivity index (χ0v) is 14.9. The largest absolute Gasteiger partial charge is 0.497 e. The molecule has 0 saturated carbocycles. The highest BCUT2D eigenvalue weighted by Crippen LogP contribution is 2.19. The Morgan fingerprint density at radius 1 is 1.21 bits per heavy atom. The minimum atomic E-state index is -0.518. The first-order valence-corrected chi connectivity index (χ1v) is 9.00. The molecule has 2 rings (SSSR count). The molecule has 134 valence electrons. The van der Waals surface area contributed by atoms with Crippen LogP contribution in [0.2, 0.25) is 0 Å². The van der Waals surface area contributed by atoms with Gasteiger partial charge in [0, 0.05) is 12.6 Å². The van der Waals surface area contributed by atoms with Gasteiger partial charge in [0.1, 0.15) is 11.5 Å². The summed E-state index contributed by atoms with van der Waals surface area (Å²) in [5.41, 5.74) is 0. The lowest BCUT2D eigenvalue weighted by atomic mass is 10.2. The number of carbonyl (C=O) groups is 1. The van der Waals surface area contributed by atoms with Gasteiger partial charge in [-0.05, 0) is 58.0 Å². The van der Waals surface area contributed by atoms with Gasteiger partial charge in [-0.2, -0.15) is 0 Å². The monoisotopic (exact) mass is 334 g/mol. The number of nitrogens with zero attached hydrogens (tertiary/aromatic N) is 1. The van der Waals surface area contributed by atoms with Crippen molar-refractivity contribution >= 4 is 5.91 Å². The van der Waals surface area contributed by atoms with E-state index in [2.05, 4.69) is 10.2 Å². The van der Waals surface area contributed by atoms with Crippen LogP contribution < -0.4 is 14.8 Å². The lowest BCUT2D eigenvalue weighted by Crippen LogP contribution is -2.38. The molecule has 1 amide bonds. The molecule has 5 nitrogen and oxygen atoms in total. The number of methoxy groups -OCH3 is 1. The Morgan fingerprint density at radius 2 is 1.92 bits per heavy atom. The summed E-state index contributed by atoms with van der Waals surface area (Å²) in [6, 6.07) is 7.30. The lowest BCUT2D eigenvalue weighted by Gasteiger charge is -2.20. The predicted molar refractivity (Wildman–Crippen MR) is 95.6 cm³/mol. The molecule has 0 spiro atoms. The van der Waals surface area contributed by atoms with Gasteiger partial charge >= 0.3 is 0 Å². The summed E-state index contributed by atoms with van der Waals surface area (Å²) >= 11 is 0. The van der Waals surface area contributed by atoms with Crippen molar-refractivity contribution in [3.8, 4) is 11.5 Å². The molecule has 1 N–H and O–H groups in total. The highest BCUT2D eigenvalue weighted by atomic mass is 16.5. The smallest absolute Gasteiger partial charge is 0.260 e. The Bertz CT molecular complexity index is 499. The van der Waals surface area contributed by atoms with E-state index in [4.69, 9.17) is 9.47 Å². The van der Waals surface area contributed by atoms with Crippen LogP contribution in [0.1, 0.15) is 39.0 Å². The van der Waals surface area contributed by atoms with Crippen LogP contribution in [-0.4, -0.2) is 50.2 Å². The molecule has 1 aromatic rings. The third-order valence-electron chi connectivity index (χ3n) is 4.37. The van der Waals surface area contributed by atoms with Crippen LogP contribution in [0.15, 0.2) is 24.3 Å². The second-order valence-corrected chi connectivity index (χ2v) is 6.34. The summed E-state index contributed by atoms with van der Waals surface area (Å²) in [4.78, 5) is 14.6. The van der Waals surface area contributed by atoms with Gasteiger partial charge in [0.15, 0.2) is 6.10 Å². The summed E-state index contributed by atoms with van der Waals surface area (Å²) in [6.45, 7) is 5.92. The molecular formula is C19H30N2O3. The van der Waals surface area contributed by atoms with Crippen LogP contribution in [0.25, 0.3) is 0 Å². The average molecular weight is 334 g/mol. The van der Waals surface area contributed by atoms with E-state index in [0.717, 1.165) is 18.7 Å². The molecule has 24 heavy (non-hydrogen) atoms. The predicted octanol–water partition coefficient (Wildman–Crippen LogP) is 2.84. The van der Waals surface area contributed by atoms with Crippen molar-refractivity contribution in [2.75, 3.05) is 33.3 Å². The van der Waals surface area contributed by atoms with Gasteiger partial charge in [-0.25, -0.2) is 0 Å². The molecule has 0 unspecified atom stereocenters. The minimum absolute atomic E-state index is 0.0753. The highest BCUT2D eigenvalue weighted by Gasteiger charge is 2.15. The Hall–Kier alpha value is -1.75. The van der Waals surface area contributed by atoms with E-state index >= 15 is 0 Å². The average Bonchev–Trinajstić information content (AvgIpc) is 2.87. The molecule has 5 heteroatoms. The van der Waals surface area contributed by atoms with Crippen molar-refractivity contribution < 1.29 is 14.3 Å². The van der Waals surface area contributed by atoms with Crippen molar-refractivity contribution in [2.45, 2.75) is 45.1 Å². The zero-order chi connectivity index (χ0) is 17.2. The van der Waals surface area contributed by atoms with Gasteiger partial charge in [-0.3, -0.25) is 4.79 Å². The number of amides is 1. The SMILES string of the molecule is COc1cccc(O[C@H](C)C(=O)NCCCN2CCCCCC2)c1. The maximum atomic E-state index is 12.1. The molecular weight excluding hydrogens is 304 g/mol. The van der Waals surface area contributed by atoms with Crippen molar-refractivity contribution in [2.24, 2.45) is 0 Å². The van der Waals surface area contributed by atoms with Crippen LogP contribution in [0, 0.1) is 0 Å². The fourth-order valence-corrected chi connectivity index (χ4v) is 2.95. The first-order chi connectivity index (χ1) is 11.7. The molecule has 1 saturated heterocycles. The van der Waals surface area contributed by atoms with Crippen molar-refractivity contribution in [3.63, 3.8) is 0 Å². The van der Waals surface area contributed by atoms with Crippen molar-refractivity contribution in [1.29, 1.82) is 0 Å². The van der Waals surface area contributed by atoms with Crippen LogP contribution in [0.5, 0.6) is 11.5 Å². The minimum Gasteiger partial charge on any atom is -0.497 e. The van der Waals surface area contributed by atoms with Crippen LogP contribution in [-0.2, 0) is 4.79 Å². The summed E-state index contributed by atoms with van der Waals surface area (Å²) in [7, 11) is 1.61. The van der Waals surface area contributed by atoms with E-state index in [1.807, 2.05) is 18.2 Å². The van der Waals surface area contributed by atoms with Gasteiger partial charge in [0.05, 0.1) is 7.11 Å². The lowest BCUT2D eigenvalue weighted by molar-refractivity contribution is -0.127. The molecule has 1 heterocycles. The quantitative estimate of drug-likeness (QED) is 0.743. The third-order valence-corrected chi connectivity index (χ3v) is 4.37. The van der Waals surface area contributed by atoms with E-state index in [0.29, 0.717) is 12.3 Å². The van der Waals surface area contributed by atoms with Crippen molar-refractivity contribution in [1.82, 2.24) is 10.2 Å². The summed E-state index contributed by atoms with van der Waals surface area (Å²) in [6.07, 6.45) is 5.78. The normalized spacial score (nSPS) is 16.9. The number of hydrogen-bond acceptors (Lipinski definition) is 4. The number of rotatable bonds is 8. The van der Waals surface area contributed by atoms with Gasteiger partial charge in [-0.15, -0.1) is 0 Å². The van der Waals surface area contributed by atoms with E-state index in [-0.39, 0.29) is 5.91 Å². The number of ether oxygens (including phenoxy) is 2. The number of likely N-dealkylation sites (tertiary alicyclic amines) is 1. The molecule has 0 radical (unpaired) electrons. The maximum Gasteiger partial charge on any atom is 0.260 e. The molecule has 1 aromatic carbocycles. The topological polar surface area (TPSA) is 50.8 Å². The summed E-state index contributed by atoms with van der Waals surface area (Å²) in [5, 5.41) is 2.96. The number of nitrogens with one attached hydrogen (secondary N) is 1. The molecule has 1 atom stereocenters. The molecule has 1 aliphatic rings. The van der Waals surface area contributed by atoms with E-state index < -0.39 is 6.10 Å². The molecule has 1 aliphatic heterocycles. The molecule has 0 aliphatic carbocycles. The van der Waals surface area contributed by atoms with Crippen LogP contribution in [0.4, 0.5) is 0 Å². The fraction of sp³-hybridized carbons (Fsp3) is 0.632. The Labute approximate surface area is 145 Å². The first kappa shape index (κ1) is 18.6. The van der Waals surface area contributed by atoms with E-state index in [1.54, 1.807) is 20.1 Å². The summed E-state index contributed by atoms with van der Waals surface area (Å²) < 4.78 is 10.8. The molecule has 1 fully saturated rings. The van der Waals surface area contributed by atoms with Gasteiger partial charge in [0.25, 0.3) is 5.91 Å². The van der Waals surface area contributed by atoms with Gasteiger partial charge in [-0.1, -0.05) is 18.9 Å². The number of hydrogen-bond donors (Lipinski definition) is 1. The highest BCUT2D eigenvalue weighted by molar-refractivity contribution is 5.80. The van der Waals surface area contributed by atoms with Crippen LogP contribution >= 0.6 is 0 Å². The maximum absolute atomic E-state index is 12.1. The second kappa shape index (κ2) is 10.2. The van der Waals surface area contributed by atoms with Crippen LogP contribution in [0.3, 0.4) is 0 Å². The second-order valence-electron chi connectivity index (χ2n) is 6.34. The fourth-order valence-electron chi connectivity index (χ4n) is 2.95. The number of benzene rings is 1. The third kappa shape index (κ3) is 6.40. The number of carbonyl (C=O) groups excluding carboxylic acids is 1. The zero-order valence-electron chi connectivity index (χ0n) is 14.9. The Kier molecular flexibility index (Phi) is 7.89. The summed E-state index contributed by atoms with van der Waals surface area (Å²) in [5.74, 6) is 1.29. The molecule has 0 bridgehead atoms. The van der Waals surface area contributed by atoms with E-state index in [9.17, 15) is 4.79 Å². The Balaban J connectivity index is 1.65. The first-order valence-electron chi connectivity index (χ1n) is 9.00. The van der Waals surface area contributed by atoms with E-state index in [1.165, 1.54) is 38.8 Å².